The summed E-state index contributed by atoms with van der Waals surface area (Å²) in [5, 5.41) is 12.1. The number of ether oxygens (including phenoxy) is 1. The number of amides is 6. The van der Waals surface area contributed by atoms with Crippen LogP contribution in [-0.2, 0) is 35.4 Å². The Morgan fingerprint density at radius 1 is 0.927 bits per heavy atom. The molecule has 1 aliphatic rings. The topological polar surface area (TPSA) is 158 Å². The lowest BCUT2D eigenvalue weighted by molar-refractivity contribution is -0.180. The summed E-state index contributed by atoms with van der Waals surface area (Å²) >= 11 is 1.28. The highest BCUT2D eigenvalue weighted by Crippen LogP contribution is 2.43. The number of methoxy groups -OCH3 is 1. The van der Waals surface area contributed by atoms with E-state index in [0.29, 0.717) is 55.7 Å². The summed E-state index contributed by atoms with van der Waals surface area (Å²) in [6, 6.07) is 3.63. The van der Waals surface area contributed by atoms with Crippen LogP contribution in [0.15, 0.2) is 28.9 Å². The van der Waals surface area contributed by atoms with Crippen LogP contribution in [-0.4, -0.2) is 86.2 Å². The summed E-state index contributed by atoms with van der Waals surface area (Å²) in [7, 11) is 1.51. The molecule has 3 rings (SSSR count). The molecule has 1 aromatic heterocycles. The molecule has 0 radical (unpaired) electrons. The van der Waals surface area contributed by atoms with E-state index >= 15 is 0 Å². The highest BCUT2D eigenvalue weighted by molar-refractivity contribution is 7.17. The summed E-state index contributed by atoms with van der Waals surface area (Å²) in [6.07, 6.45) is 5.19. The second-order valence-electron chi connectivity index (χ2n) is 15.8. The van der Waals surface area contributed by atoms with Gasteiger partial charge in [0, 0.05) is 49.0 Å². The summed E-state index contributed by atoms with van der Waals surface area (Å²) in [6.45, 7) is 20.3. The van der Waals surface area contributed by atoms with Gasteiger partial charge in [-0.1, -0.05) is 64.9 Å². The summed E-state index contributed by atoms with van der Waals surface area (Å²) in [5.74, 6) is -5.22. The summed E-state index contributed by atoms with van der Waals surface area (Å²) in [4.78, 5) is 92.2. The molecule has 0 saturated heterocycles. The molecule has 6 amide bonds. The molecule has 0 atom stereocenters. The van der Waals surface area contributed by atoms with Crippen LogP contribution in [0.3, 0.4) is 0 Å². The predicted octanol–water partition coefficient (Wildman–Crippen LogP) is 6.60. The highest BCUT2D eigenvalue weighted by atomic mass is 32.1. The zero-order valence-corrected chi connectivity index (χ0v) is 35.4. The van der Waals surface area contributed by atoms with Crippen LogP contribution in [0.2, 0.25) is 0 Å². The summed E-state index contributed by atoms with van der Waals surface area (Å²) in [5.41, 5.74) is -0.835. The number of thiazole rings is 1. The third-order valence-electron chi connectivity index (χ3n) is 9.05. The number of aryl methyl sites for hydroxylation is 1. The number of aliphatic hydroxyl groups excluding tert-OH is 1. The van der Waals surface area contributed by atoms with Gasteiger partial charge in [-0.2, -0.15) is 10.0 Å². The molecule has 1 aromatic carbocycles. The van der Waals surface area contributed by atoms with E-state index in [-0.39, 0.29) is 17.8 Å². The third-order valence-corrected chi connectivity index (χ3v) is 10.1. The van der Waals surface area contributed by atoms with Crippen molar-refractivity contribution in [1.29, 1.82) is 0 Å². The van der Waals surface area contributed by atoms with Gasteiger partial charge in [0.1, 0.15) is 11.3 Å². The van der Waals surface area contributed by atoms with Crippen molar-refractivity contribution < 1.29 is 38.6 Å². The molecular formula is C41H57N5O8S. The number of benzene rings is 1. The maximum Gasteiger partial charge on any atom is 0.286 e. The van der Waals surface area contributed by atoms with Gasteiger partial charge in [0.2, 0.25) is 11.8 Å². The molecule has 0 bridgehead atoms. The maximum atomic E-state index is 14.7. The number of unbranched alkanes of at least 4 members (excludes halogenated alkanes) is 2. The average Bonchev–Trinajstić information content (AvgIpc) is 3.49. The standard InChI is InChI=1S/C41H57N5O8S/c1-14-16-18-43(19-17-15-2)39-42-34(33-28(23-47)20-24(3)21-30(33)54-13)31(55-39)22-29-25(4)32(36(51)44(26(5)48)41(10,11)12)37(52)46(35(29)50)45(27(6)49)38(53)40(7,8)9/h20-22,47H,14-19,23H2,1-13H3/b29-22-. The van der Waals surface area contributed by atoms with Crippen molar-refractivity contribution in [3.63, 3.8) is 0 Å². The molecular weight excluding hydrogens is 723 g/mol. The maximum absolute atomic E-state index is 14.7. The molecule has 2 aromatic rings. The normalized spacial score (nSPS) is 14.4. The number of aromatic nitrogens is 1. The van der Waals surface area contributed by atoms with E-state index in [9.17, 15) is 33.9 Å². The Morgan fingerprint density at radius 2 is 1.51 bits per heavy atom. The molecule has 0 spiro atoms. The number of hydrazine groups is 1. The first-order valence-corrected chi connectivity index (χ1v) is 19.4. The second-order valence-corrected chi connectivity index (χ2v) is 16.8. The number of carbonyl (C=O) groups is 6. The largest absolute Gasteiger partial charge is 0.496 e. The SMILES string of the molecule is CCCCN(CCCC)c1nc(-c2c(CO)cc(C)cc2OC)c(/C=C2\C(=O)N(N(C(C)=O)C(=O)C(C)(C)C)C(=O)C(C(=O)N(C(C)=O)C(C)(C)C)=C2C)s1. The molecule has 0 aliphatic carbocycles. The molecule has 1 N–H and O–H groups in total. The van der Waals surface area contributed by atoms with E-state index in [4.69, 9.17) is 9.72 Å². The van der Waals surface area contributed by atoms with Gasteiger partial charge in [0.25, 0.3) is 23.6 Å². The molecule has 2 heterocycles. The van der Waals surface area contributed by atoms with E-state index in [2.05, 4.69) is 18.7 Å². The van der Waals surface area contributed by atoms with Crippen molar-refractivity contribution in [3.05, 3.63) is 44.9 Å². The Kier molecular flexibility index (Phi) is 14.5. The number of hydrogen-bond acceptors (Lipinski definition) is 11. The fraction of sp³-hybridized carbons (Fsp3) is 0.537. The Bertz CT molecular complexity index is 1880. The van der Waals surface area contributed by atoms with Gasteiger partial charge in [-0.15, -0.1) is 0 Å². The van der Waals surface area contributed by atoms with Crippen LogP contribution in [0.1, 0.15) is 118 Å². The fourth-order valence-corrected chi connectivity index (χ4v) is 7.41. The van der Waals surface area contributed by atoms with Gasteiger partial charge >= 0.3 is 0 Å². The van der Waals surface area contributed by atoms with Crippen molar-refractivity contribution in [1.82, 2.24) is 19.9 Å². The van der Waals surface area contributed by atoms with Gasteiger partial charge < -0.3 is 14.7 Å². The number of aliphatic hydroxyl groups is 1. The van der Waals surface area contributed by atoms with Gasteiger partial charge in [-0.05, 0) is 76.3 Å². The van der Waals surface area contributed by atoms with Gasteiger partial charge in [-0.3, -0.25) is 33.7 Å². The third kappa shape index (κ3) is 9.58. The fourth-order valence-electron chi connectivity index (χ4n) is 6.34. The molecule has 55 heavy (non-hydrogen) atoms. The molecule has 300 valence electrons. The van der Waals surface area contributed by atoms with Crippen LogP contribution < -0.4 is 9.64 Å². The minimum absolute atomic E-state index is 0.0496. The predicted molar refractivity (Wildman–Crippen MR) is 214 cm³/mol. The van der Waals surface area contributed by atoms with Gasteiger partial charge in [0.05, 0.1) is 24.3 Å². The van der Waals surface area contributed by atoms with Crippen LogP contribution in [0.4, 0.5) is 5.13 Å². The molecule has 0 fully saturated rings. The van der Waals surface area contributed by atoms with Crippen LogP contribution in [0.5, 0.6) is 5.75 Å². The van der Waals surface area contributed by atoms with Crippen molar-refractivity contribution in [3.8, 4) is 17.0 Å². The number of carbonyl (C=O) groups excluding carboxylic acids is 6. The van der Waals surface area contributed by atoms with E-state index in [1.54, 1.807) is 20.8 Å². The van der Waals surface area contributed by atoms with Crippen molar-refractivity contribution >= 4 is 58.0 Å². The van der Waals surface area contributed by atoms with Gasteiger partial charge in [0.15, 0.2) is 5.13 Å². The average molecular weight is 780 g/mol. The molecule has 0 saturated carbocycles. The number of anilines is 1. The molecule has 13 nitrogen and oxygen atoms in total. The quantitative estimate of drug-likeness (QED) is 0.133. The lowest BCUT2D eigenvalue weighted by atomic mass is 9.91. The number of nitrogens with zero attached hydrogens (tertiary/aromatic N) is 5. The zero-order valence-electron chi connectivity index (χ0n) is 34.6. The molecule has 1 aliphatic heterocycles. The van der Waals surface area contributed by atoms with Crippen molar-refractivity contribution in [2.75, 3.05) is 25.1 Å². The smallest absolute Gasteiger partial charge is 0.286 e. The molecule has 0 unspecified atom stereocenters. The van der Waals surface area contributed by atoms with E-state index < -0.39 is 52.0 Å². The number of hydrogen-bond donors (Lipinski definition) is 1. The molecule has 14 heteroatoms. The Labute approximate surface area is 329 Å². The first-order valence-electron chi connectivity index (χ1n) is 18.6. The van der Waals surface area contributed by atoms with Crippen LogP contribution >= 0.6 is 11.3 Å². The lowest BCUT2D eigenvalue weighted by Crippen LogP contribution is -2.61. The van der Waals surface area contributed by atoms with Crippen LogP contribution in [0, 0.1) is 12.3 Å². The lowest BCUT2D eigenvalue weighted by Gasteiger charge is -2.39. The van der Waals surface area contributed by atoms with E-state index in [1.165, 1.54) is 59.1 Å². The highest BCUT2D eigenvalue weighted by Gasteiger charge is 2.49. The summed E-state index contributed by atoms with van der Waals surface area (Å²) < 4.78 is 5.81. The first kappa shape index (κ1) is 44.7. The van der Waals surface area contributed by atoms with E-state index in [1.807, 2.05) is 19.1 Å². The first-order chi connectivity index (χ1) is 25.6. The Balaban J connectivity index is 2.57. The van der Waals surface area contributed by atoms with Crippen LogP contribution in [0.25, 0.3) is 17.3 Å². The Hall–Kier alpha value is -4.69. The second kappa shape index (κ2) is 17.8. The number of imide groups is 3. The number of rotatable bonds is 13. The van der Waals surface area contributed by atoms with Gasteiger partial charge in [-0.25, -0.2) is 4.98 Å². The van der Waals surface area contributed by atoms with Crippen molar-refractivity contribution in [2.24, 2.45) is 5.41 Å². The Morgan fingerprint density at radius 3 is 1.96 bits per heavy atom. The minimum Gasteiger partial charge on any atom is -0.496 e. The minimum atomic E-state index is -1.23. The van der Waals surface area contributed by atoms with Crippen molar-refractivity contribution in [2.45, 2.75) is 121 Å². The monoisotopic (exact) mass is 779 g/mol. The zero-order chi connectivity index (χ0) is 41.7. The van der Waals surface area contributed by atoms with E-state index in [0.717, 1.165) is 43.1 Å².